The number of nitrogens with two attached hydrogens (primary N) is 1. The zero-order valence-electron chi connectivity index (χ0n) is 27.3. The molecule has 1 saturated heterocycles. The first-order valence-corrected chi connectivity index (χ1v) is 15.9. The number of nitrogen functional groups attached to an aromatic ring is 1. The van der Waals surface area contributed by atoms with E-state index in [9.17, 15) is 9.59 Å². The summed E-state index contributed by atoms with van der Waals surface area (Å²) in [7, 11) is 3.13. The lowest BCUT2D eigenvalue weighted by molar-refractivity contribution is 0.0612. The number of halogens is 1. The van der Waals surface area contributed by atoms with Crippen LogP contribution in [0, 0.1) is 18.7 Å². The number of pyridine rings is 2. The van der Waals surface area contributed by atoms with Crippen LogP contribution in [0.1, 0.15) is 34.3 Å². The van der Waals surface area contributed by atoms with Crippen molar-refractivity contribution in [2.24, 2.45) is 5.92 Å². The highest BCUT2D eigenvalue weighted by Gasteiger charge is 2.21. The van der Waals surface area contributed by atoms with E-state index < -0.39 is 11.6 Å². The van der Waals surface area contributed by atoms with Gasteiger partial charge in [-0.2, -0.15) is 0 Å². The van der Waals surface area contributed by atoms with Gasteiger partial charge in [-0.3, -0.25) is 9.59 Å². The molecular formula is C39H38FN3O5. The average Bonchev–Trinajstić information content (AvgIpc) is 3.10. The van der Waals surface area contributed by atoms with Crippen molar-refractivity contribution >= 4 is 11.6 Å². The standard InChI is InChI=1S/C39H38FN3O5/c1-24-4-6-26(7-5-24)32-22-43(21-25-12-14-48-15-13-25)23-33(38(32)45)35(44)18-29-9-8-28(17-34(29)40)31-16-30(20-42-39(31)41)27-10-11-36(46-2)37(19-27)47-3/h4-11,16-17,19-20,22-23,25H,12-15,18,21H2,1-3H3,(H2,41,42). The second kappa shape index (κ2) is 14.2. The van der Waals surface area contributed by atoms with E-state index in [4.69, 9.17) is 19.9 Å². The lowest BCUT2D eigenvalue weighted by Gasteiger charge is -2.23. The maximum absolute atomic E-state index is 15.7. The van der Waals surface area contributed by atoms with Crippen molar-refractivity contribution < 1.29 is 23.4 Å². The van der Waals surface area contributed by atoms with E-state index >= 15 is 4.39 Å². The second-order valence-electron chi connectivity index (χ2n) is 12.2. The van der Waals surface area contributed by atoms with Gasteiger partial charge in [0.1, 0.15) is 11.6 Å². The van der Waals surface area contributed by atoms with Crippen LogP contribution in [0.4, 0.5) is 10.2 Å². The van der Waals surface area contributed by atoms with E-state index in [-0.39, 0.29) is 28.8 Å². The first-order chi connectivity index (χ1) is 23.2. The highest BCUT2D eigenvalue weighted by atomic mass is 19.1. The number of aryl methyl sites for hydroxylation is 1. The largest absolute Gasteiger partial charge is 0.493 e. The molecule has 48 heavy (non-hydrogen) atoms. The van der Waals surface area contributed by atoms with E-state index in [1.807, 2.05) is 60.2 Å². The van der Waals surface area contributed by atoms with Gasteiger partial charge < -0.3 is 24.5 Å². The van der Waals surface area contributed by atoms with Gasteiger partial charge in [0.15, 0.2) is 22.7 Å². The first-order valence-electron chi connectivity index (χ1n) is 15.9. The molecule has 1 aliphatic heterocycles. The van der Waals surface area contributed by atoms with Crippen LogP contribution < -0.4 is 20.6 Å². The van der Waals surface area contributed by atoms with Gasteiger partial charge in [-0.05, 0) is 72.2 Å². The molecule has 2 N–H and O–H groups in total. The molecule has 1 fully saturated rings. The van der Waals surface area contributed by atoms with Crippen molar-refractivity contribution in [3.63, 3.8) is 0 Å². The highest BCUT2D eigenvalue weighted by molar-refractivity contribution is 5.98. The Bertz CT molecular complexity index is 2020. The Morgan fingerprint density at radius 2 is 1.60 bits per heavy atom. The molecule has 5 aromatic rings. The van der Waals surface area contributed by atoms with Crippen molar-refractivity contribution in [2.45, 2.75) is 32.7 Å². The van der Waals surface area contributed by atoms with Crippen LogP contribution in [-0.2, 0) is 17.7 Å². The van der Waals surface area contributed by atoms with Crippen molar-refractivity contribution in [1.29, 1.82) is 0 Å². The van der Waals surface area contributed by atoms with Crippen LogP contribution in [0.25, 0.3) is 33.4 Å². The number of ether oxygens (including phenoxy) is 3. The Hall–Kier alpha value is -5.28. The highest BCUT2D eigenvalue weighted by Crippen LogP contribution is 2.35. The fourth-order valence-electron chi connectivity index (χ4n) is 6.11. The van der Waals surface area contributed by atoms with E-state index in [1.54, 1.807) is 44.8 Å². The minimum absolute atomic E-state index is 0.0414. The van der Waals surface area contributed by atoms with E-state index in [0.717, 1.165) is 35.1 Å². The summed E-state index contributed by atoms with van der Waals surface area (Å²) in [6, 6.07) is 19.6. The maximum atomic E-state index is 15.7. The van der Waals surface area contributed by atoms with Gasteiger partial charge in [-0.1, -0.05) is 48.0 Å². The zero-order chi connectivity index (χ0) is 33.8. The van der Waals surface area contributed by atoms with Gasteiger partial charge in [0.25, 0.3) is 0 Å². The summed E-state index contributed by atoms with van der Waals surface area (Å²) in [5.41, 5.74) is 11.0. The van der Waals surface area contributed by atoms with Crippen LogP contribution in [0.15, 0.2) is 90.1 Å². The molecule has 9 heteroatoms. The number of methoxy groups -OCH3 is 2. The lowest BCUT2D eigenvalue weighted by atomic mass is 9.96. The molecule has 246 valence electrons. The first kappa shape index (κ1) is 32.7. The molecule has 0 radical (unpaired) electrons. The van der Waals surface area contributed by atoms with Gasteiger partial charge in [-0.25, -0.2) is 9.37 Å². The van der Waals surface area contributed by atoms with Gasteiger partial charge in [0.2, 0.25) is 0 Å². The van der Waals surface area contributed by atoms with Crippen LogP contribution in [0.2, 0.25) is 0 Å². The fraction of sp³-hybridized carbons (Fsp3) is 0.256. The van der Waals surface area contributed by atoms with Crippen molar-refractivity contribution in [1.82, 2.24) is 9.55 Å². The average molecular weight is 648 g/mol. The van der Waals surface area contributed by atoms with E-state index in [1.165, 1.54) is 6.07 Å². The third-order valence-electron chi connectivity index (χ3n) is 8.90. The Morgan fingerprint density at radius 1 is 0.896 bits per heavy atom. The number of ketones is 1. The third-order valence-corrected chi connectivity index (χ3v) is 8.90. The predicted octanol–water partition coefficient (Wildman–Crippen LogP) is 7.14. The minimum atomic E-state index is -0.575. The Labute approximate surface area is 278 Å². The molecule has 3 heterocycles. The molecule has 1 aliphatic rings. The third kappa shape index (κ3) is 7.01. The number of hydrogen-bond acceptors (Lipinski definition) is 7. The van der Waals surface area contributed by atoms with Crippen molar-refractivity contribution in [3.05, 3.63) is 118 Å². The van der Waals surface area contributed by atoms with Crippen LogP contribution >= 0.6 is 0 Å². The molecule has 3 aromatic carbocycles. The van der Waals surface area contributed by atoms with Crippen molar-refractivity contribution in [3.8, 4) is 44.9 Å². The Kier molecular flexibility index (Phi) is 9.68. The Balaban J connectivity index is 1.29. The van der Waals surface area contributed by atoms with Crippen LogP contribution in [0.5, 0.6) is 11.5 Å². The van der Waals surface area contributed by atoms with Crippen LogP contribution in [-0.4, -0.2) is 42.8 Å². The van der Waals surface area contributed by atoms with Gasteiger partial charge in [-0.15, -0.1) is 0 Å². The zero-order valence-corrected chi connectivity index (χ0v) is 27.3. The normalized spacial score (nSPS) is 13.3. The molecule has 8 nitrogen and oxygen atoms in total. The van der Waals surface area contributed by atoms with Crippen molar-refractivity contribution in [2.75, 3.05) is 33.2 Å². The van der Waals surface area contributed by atoms with Gasteiger partial charge in [0.05, 0.1) is 19.8 Å². The Morgan fingerprint density at radius 3 is 2.31 bits per heavy atom. The lowest BCUT2D eigenvalue weighted by Crippen LogP contribution is -2.25. The number of benzene rings is 3. The number of hydrogen-bond donors (Lipinski definition) is 1. The second-order valence-corrected chi connectivity index (χ2v) is 12.2. The summed E-state index contributed by atoms with van der Waals surface area (Å²) in [5.74, 6) is 0.741. The molecule has 0 aliphatic carbocycles. The summed E-state index contributed by atoms with van der Waals surface area (Å²) in [6.07, 6.45) is 6.63. The monoisotopic (exact) mass is 647 g/mol. The topological polar surface area (TPSA) is 106 Å². The molecule has 0 unspecified atom stereocenters. The summed E-state index contributed by atoms with van der Waals surface area (Å²) < 4.78 is 33.9. The van der Waals surface area contributed by atoms with Crippen LogP contribution in [0.3, 0.4) is 0 Å². The number of anilines is 1. The molecule has 6 rings (SSSR count). The quantitative estimate of drug-likeness (QED) is 0.161. The molecular weight excluding hydrogens is 609 g/mol. The number of carbonyl (C=O) groups is 1. The number of Topliss-reactive ketones (excluding diaryl/α,β-unsaturated/α-hetero) is 1. The summed E-state index contributed by atoms with van der Waals surface area (Å²) in [6.45, 7) is 4.02. The molecule has 0 atom stereocenters. The molecule has 0 saturated carbocycles. The SMILES string of the molecule is COc1ccc(-c2cnc(N)c(-c3ccc(CC(=O)c4cn(CC5CCOCC5)cc(-c5ccc(C)cc5)c4=O)c(F)c3)c2)cc1OC. The number of nitrogens with zero attached hydrogens (tertiary/aromatic N) is 2. The number of rotatable bonds is 10. The summed E-state index contributed by atoms with van der Waals surface area (Å²) in [5, 5.41) is 0. The predicted molar refractivity (Wildman–Crippen MR) is 185 cm³/mol. The minimum Gasteiger partial charge on any atom is -0.493 e. The molecule has 2 aromatic heterocycles. The molecule has 0 amide bonds. The smallest absolute Gasteiger partial charge is 0.200 e. The van der Waals surface area contributed by atoms with Gasteiger partial charge in [0, 0.05) is 61.5 Å². The molecule has 0 bridgehead atoms. The molecule has 0 spiro atoms. The van der Waals surface area contributed by atoms with E-state index in [2.05, 4.69) is 4.98 Å². The fourth-order valence-corrected chi connectivity index (χ4v) is 6.11. The summed E-state index contributed by atoms with van der Waals surface area (Å²) in [4.78, 5) is 31.8. The van der Waals surface area contributed by atoms with E-state index in [0.29, 0.717) is 53.9 Å². The number of aromatic nitrogens is 2. The van der Waals surface area contributed by atoms with Gasteiger partial charge >= 0.3 is 0 Å². The number of carbonyl (C=O) groups excluding carboxylic acids is 1. The summed E-state index contributed by atoms with van der Waals surface area (Å²) >= 11 is 0. The maximum Gasteiger partial charge on any atom is 0.200 e.